The Morgan fingerprint density at radius 2 is 0.901 bits per heavy atom. The molecule has 544 valence electrons. The summed E-state index contributed by atoms with van der Waals surface area (Å²) >= 11 is 0. The molecule has 0 bridgehead atoms. The zero-order valence-electron chi connectivity index (χ0n) is 57.0. The van der Waals surface area contributed by atoms with Gasteiger partial charge in [0.2, 0.25) is 11.8 Å². The summed E-state index contributed by atoms with van der Waals surface area (Å²) in [5, 5.41) is 28.9. The van der Waals surface area contributed by atoms with Crippen LogP contribution in [-0.2, 0) is 59.8 Å². The van der Waals surface area contributed by atoms with Crippen LogP contribution in [0.15, 0.2) is 131 Å². The standard InChI is InChI=1S/C72H85F6N9O14/c1-7-64(85(6)57-20-18-54(49-80)19-21-57)61-47-63(70(93)87(53(61)5)59-17-11-15-56(45-59)72(76,77)78)68(91)84-27-31-97-35-39-101-43-41-99-37-33-95-29-25-82-66(89)23-22-65(88)81-24-28-94-32-36-98-40-42-100-38-34-96-30-26-83-67(90)62-46-60(51(3)13-9-8-12-50(2)48-79)52(4)86(69(62)92)58-16-10-14-55(44-58)71(73,74)75/h7-8,10-12,14-21,44-47H,2-3,9,13,22-43H2,1,4-6H3,(H,81,88)(H,82,89)(H,83,90)(H,84,91)/p+1/b12-8-,64-7-. The van der Waals surface area contributed by atoms with Gasteiger partial charge in [-0.1, -0.05) is 31.4 Å². The first-order valence-electron chi connectivity index (χ1n) is 32.5. The van der Waals surface area contributed by atoms with Crippen molar-refractivity contribution in [2.24, 2.45) is 0 Å². The number of nitriles is 2. The summed E-state index contributed by atoms with van der Waals surface area (Å²) in [6.45, 7) is 16.6. The minimum absolute atomic E-state index is 0.00633. The molecule has 0 aliphatic rings. The number of hydrogen-bond acceptors (Lipinski definition) is 16. The molecule has 0 aliphatic heterocycles. The predicted octanol–water partition coefficient (Wildman–Crippen LogP) is 7.46. The van der Waals surface area contributed by atoms with Crippen molar-refractivity contribution in [3.05, 3.63) is 193 Å². The van der Waals surface area contributed by atoms with Crippen LogP contribution in [0, 0.1) is 36.5 Å². The van der Waals surface area contributed by atoms with E-state index in [-0.39, 0.29) is 190 Å². The van der Waals surface area contributed by atoms with Crippen molar-refractivity contribution >= 4 is 40.6 Å². The number of nitrogens with zero attached hydrogens (tertiary/aromatic N) is 4. The number of nitrogens with one attached hydrogen (secondary N) is 5. The highest BCUT2D eigenvalue weighted by molar-refractivity contribution is 5.95. The lowest BCUT2D eigenvalue weighted by atomic mass is 9.98. The molecule has 0 aliphatic carbocycles. The van der Waals surface area contributed by atoms with Gasteiger partial charge in [-0.25, -0.2) is 0 Å². The maximum Gasteiger partial charge on any atom is 0.416 e. The topological polar surface area (TPSA) is 286 Å². The molecule has 1 atom stereocenters. The molecule has 0 spiro atoms. The summed E-state index contributed by atoms with van der Waals surface area (Å²) < 4.78 is 129. The van der Waals surface area contributed by atoms with E-state index in [1.54, 1.807) is 63.3 Å². The molecule has 0 fully saturated rings. The first kappa shape index (κ1) is 82.3. The second-order valence-electron chi connectivity index (χ2n) is 22.3. The van der Waals surface area contributed by atoms with Crippen molar-refractivity contribution in [2.45, 2.75) is 58.8 Å². The Labute approximate surface area is 581 Å². The Hall–Kier alpha value is -9.40. The second-order valence-corrected chi connectivity index (χ2v) is 22.3. The van der Waals surface area contributed by atoms with Crippen molar-refractivity contribution in [3.63, 3.8) is 0 Å². The number of carbonyl (C=O) groups excluding carboxylic acids is 4. The number of alkyl halides is 6. The van der Waals surface area contributed by atoms with Gasteiger partial charge >= 0.3 is 12.4 Å². The molecular weight excluding hydrogens is 1330 g/mol. The van der Waals surface area contributed by atoms with Gasteiger partial charge in [0.15, 0.2) is 0 Å². The quantitative estimate of drug-likeness (QED) is 0.0109. The average Bonchev–Trinajstić information content (AvgIpc) is 0.771. The Morgan fingerprint density at radius 3 is 1.28 bits per heavy atom. The van der Waals surface area contributed by atoms with Crippen LogP contribution < -0.4 is 37.3 Å². The first-order chi connectivity index (χ1) is 48.4. The fourth-order valence-corrected chi connectivity index (χ4v) is 9.92. The molecule has 5 N–H and O–H groups in total. The van der Waals surface area contributed by atoms with Crippen LogP contribution in [0.5, 0.6) is 0 Å². The van der Waals surface area contributed by atoms with Gasteiger partial charge in [-0.05, 0) is 118 Å². The summed E-state index contributed by atoms with van der Waals surface area (Å²) in [4.78, 5) is 79.9. The van der Waals surface area contributed by atoms with Crippen molar-refractivity contribution in [2.75, 3.05) is 139 Å². The highest BCUT2D eigenvalue weighted by Crippen LogP contribution is 2.33. The summed E-state index contributed by atoms with van der Waals surface area (Å²) in [5.74, 6) is -2.14. The smallest absolute Gasteiger partial charge is 0.377 e. The molecular formula is C72H86F6N9O14+. The Bertz CT molecular complexity index is 3860. The minimum Gasteiger partial charge on any atom is -0.377 e. The number of quaternary nitrogens is 1. The molecule has 101 heavy (non-hydrogen) atoms. The molecule has 2 heterocycles. The minimum atomic E-state index is -4.69. The van der Waals surface area contributed by atoms with Gasteiger partial charge < -0.3 is 59.2 Å². The number of rotatable bonds is 45. The molecule has 2 aromatic heterocycles. The van der Waals surface area contributed by atoms with Crippen LogP contribution in [0.1, 0.15) is 92.5 Å². The maximum absolute atomic E-state index is 14.0. The van der Waals surface area contributed by atoms with Crippen molar-refractivity contribution < 1.29 is 88.3 Å². The second kappa shape index (κ2) is 43.3. The van der Waals surface area contributed by atoms with Crippen LogP contribution in [0.25, 0.3) is 22.6 Å². The number of amides is 4. The molecule has 29 heteroatoms. The number of aromatic nitrogens is 2. The number of pyridine rings is 2. The highest BCUT2D eigenvalue weighted by Gasteiger charge is 2.33. The molecule has 5 rings (SSSR count). The van der Waals surface area contributed by atoms with E-state index in [1.165, 1.54) is 36.4 Å². The van der Waals surface area contributed by atoms with Crippen LogP contribution >= 0.6 is 0 Å². The maximum atomic E-state index is 14.0. The highest BCUT2D eigenvalue weighted by atomic mass is 19.4. The lowest BCUT2D eigenvalue weighted by Gasteiger charge is -2.22. The molecule has 0 saturated heterocycles. The van der Waals surface area contributed by atoms with Crippen LogP contribution in [0.2, 0.25) is 0 Å². The summed E-state index contributed by atoms with van der Waals surface area (Å²) in [5.41, 5.74) is -0.301. The number of hydrogen-bond donors (Lipinski definition) is 5. The lowest BCUT2D eigenvalue weighted by Crippen LogP contribution is -3.01. The molecule has 3 aromatic carbocycles. The fourth-order valence-electron chi connectivity index (χ4n) is 9.92. The number of halogens is 6. The summed E-state index contributed by atoms with van der Waals surface area (Å²) in [6.07, 6.45) is -3.57. The zero-order valence-corrected chi connectivity index (χ0v) is 57.0. The monoisotopic (exact) mass is 1410 g/mol. The first-order valence-corrected chi connectivity index (χ1v) is 32.5. The number of allylic oxidation sites excluding steroid dienone is 5. The fraction of sp³-hybridized carbons (Fsp3) is 0.417. The van der Waals surface area contributed by atoms with E-state index in [2.05, 4.69) is 40.5 Å². The third-order valence-electron chi connectivity index (χ3n) is 15.1. The van der Waals surface area contributed by atoms with Crippen molar-refractivity contribution in [3.8, 4) is 23.5 Å². The van der Waals surface area contributed by atoms with E-state index in [0.717, 1.165) is 44.0 Å². The van der Waals surface area contributed by atoms with Crippen molar-refractivity contribution in [1.82, 2.24) is 30.4 Å². The average molecular weight is 1420 g/mol. The molecule has 5 aromatic rings. The Kier molecular flexibility index (Phi) is 35.3. The van der Waals surface area contributed by atoms with E-state index in [0.29, 0.717) is 46.5 Å². The zero-order chi connectivity index (χ0) is 73.7. The van der Waals surface area contributed by atoms with E-state index in [1.807, 2.05) is 13.1 Å². The van der Waals surface area contributed by atoms with Gasteiger partial charge in [-0.15, -0.1) is 0 Å². The van der Waals surface area contributed by atoms with Gasteiger partial charge in [0.25, 0.3) is 22.9 Å². The number of carbonyl (C=O) groups is 4. The van der Waals surface area contributed by atoms with E-state index >= 15 is 0 Å². The molecule has 0 radical (unpaired) electrons. The van der Waals surface area contributed by atoms with Gasteiger partial charge in [0, 0.05) is 79.5 Å². The Balaban J connectivity index is 0.837. The molecule has 0 saturated carbocycles. The summed E-state index contributed by atoms with van der Waals surface area (Å²) in [7, 11) is 1.83. The van der Waals surface area contributed by atoms with Gasteiger partial charge in [0.05, 0.1) is 147 Å². The van der Waals surface area contributed by atoms with E-state index in [9.17, 15) is 60.4 Å². The lowest BCUT2D eigenvalue weighted by molar-refractivity contribution is -0.727. The van der Waals surface area contributed by atoms with E-state index in [4.69, 9.17) is 43.2 Å². The summed E-state index contributed by atoms with van der Waals surface area (Å²) in [6, 6.07) is 22.2. The number of benzene rings is 3. The third kappa shape index (κ3) is 27.6. The van der Waals surface area contributed by atoms with Crippen molar-refractivity contribution in [1.29, 1.82) is 10.5 Å². The SMILES string of the molecule is C=C(C#N)/C=C\CCC(=C)c1cc(C(=O)NCCOCCOCCOCCOCCNC(=O)CCC(=O)NCCOCCOCCOCCOCCNC(=O)c2cc(/C(=C/C)[NH+](C)c3ccc(C#N)cc3)c(C)n(-c3cccc(C(F)(F)F)c3)c2=O)c(=O)n(-c2cccc(C(F)(F)F)c2)c1C. The van der Waals surface area contributed by atoms with Crippen LogP contribution in [0.4, 0.5) is 32.0 Å². The van der Waals surface area contributed by atoms with Gasteiger partial charge in [-0.2, -0.15) is 36.9 Å². The normalized spacial score (nSPS) is 12.0. The molecule has 1 unspecified atom stereocenters. The third-order valence-corrected chi connectivity index (χ3v) is 15.1. The van der Waals surface area contributed by atoms with Gasteiger partial charge in [0.1, 0.15) is 22.5 Å². The van der Waals surface area contributed by atoms with Crippen LogP contribution in [-0.4, -0.2) is 172 Å². The van der Waals surface area contributed by atoms with E-state index < -0.39 is 46.4 Å². The largest absolute Gasteiger partial charge is 0.416 e. The predicted molar refractivity (Wildman–Crippen MR) is 364 cm³/mol. The Morgan fingerprint density at radius 1 is 0.525 bits per heavy atom. The number of ether oxygens (including phenoxy) is 8. The molecule has 23 nitrogen and oxygen atoms in total. The molecule has 4 amide bonds. The van der Waals surface area contributed by atoms with Gasteiger partial charge in [-0.3, -0.25) is 42.8 Å². The van der Waals surface area contributed by atoms with Crippen LogP contribution in [0.3, 0.4) is 0 Å².